The van der Waals surface area contributed by atoms with Crippen LogP contribution in [0.1, 0.15) is 38.2 Å². The molecule has 0 amide bonds. The van der Waals surface area contributed by atoms with Crippen molar-refractivity contribution in [2.24, 2.45) is 5.92 Å². The topological polar surface area (TPSA) is 20.3 Å². The molecule has 1 aromatic carbocycles. The molecular weight excluding hydrogens is 317 g/mol. The largest absolute Gasteiger partial charge is 0.309 e. The first-order chi connectivity index (χ1) is 10.4. The molecule has 0 N–H and O–H groups in total. The quantitative estimate of drug-likeness (QED) is 0.446. The van der Waals surface area contributed by atoms with E-state index in [9.17, 15) is 4.79 Å². The molecule has 1 aromatic rings. The number of hydrogen-bond acceptors (Lipinski definition) is 2. The molecule has 1 atom stereocenters. The van der Waals surface area contributed by atoms with Crippen LogP contribution in [0.3, 0.4) is 0 Å². The lowest BCUT2D eigenvalue weighted by Gasteiger charge is -2.18. The number of hydrogen-bond donors (Lipinski definition) is 0. The van der Waals surface area contributed by atoms with Crippen LogP contribution in [0.2, 0.25) is 10.0 Å². The van der Waals surface area contributed by atoms with Crippen molar-refractivity contribution >= 4 is 35.1 Å². The van der Waals surface area contributed by atoms with Gasteiger partial charge in [0.05, 0.1) is 0 Å². The average Bonchev–Trinajstić information content (AvgIpc) is 2.45. The van der Waals surface area contributed by atoms with Crippen molar-refractivity contribution < 1.29 is 4.79 Å². The van der Waals surface area contributed by atoms with Gasteiger partial charge in [-0.15, -0.1) is 0 Å². The van der Waals surface area contributed by atoms with Gasteiger partial charge in [-0.25, -0.2) is 0 Å². The third kappa shape index (κ3) is 6.95. The van der Waals surface area contributed by atoms with Crippen LogP contribution in [0.5, 0.6) is 0 Å². The van der Waals surface area contributed by atoms with Gasteiger partial charge < -0.3 is 4.90 Å². The lowest BCUT2D eigenvalue weighted by molar-refractivity contribution is -0.118. The Balaban J connectivity index is 2.73. The van der Waals surface area contributed by atoms with Gasteiger partial charge in [0.1, 0.15) is 0 Å². The van der Waals surface area contributed by atoms with Crippen molar-refractivity contribution in [2.75, 3.05) is 20.6 Å². The second-order valence-corrected chi connectivity index (χ2v) is 6.70. The molecule has 1 rings (SSSR count). The molecule has 22 heavy (non-hydrogen) atoms. The molecule has 0 aliphatic carbocycles. The average molecular weight is 342 g/mol. The number of nitrogens with zero attached hydrogens (tertiary/aromatic N) is 1. The van der Waals surface area contributed by atoms with E-state index in [0.717, 1.165) is 24.9 Å². The van der Waals surface area contributed by atoms with Crippen molar-refractivity contribution in [2.45, 2.75) is 32.6 Å². The van der Waals surface area contributed by atoms with Gasteiger partial charge in [-0.1, -0.05) is 55.5 Å². The molecule has 0 heterocycles. The molecule has 0 aliphatic rings. The Kier molecular flexibility index (Phi) is 8.77. The monoisotopic (exact) mass is 341 g/mol. The summed E-state index contributed by atoms with van der Waals surface area (Å²) < 4.78 is 0. The number of allylic oxidation sites excluding steroid dienone is 1. The van der Waals surface area contributed by atoms with Crippen molar-refractivity contribution in [3.63, 3.8) is 0 Å². The fourth-order valence-electron chi connectivity index (χ4n) is 2.35. The molecule has 0 spiro atoms. The molecule has 0 fully saturated rings. The van der Waals surface area contributed by atoms with Crippen LogP contribution < -0.4 is 0 Å². The number of halogens is 2. The molecular formula is C18H25Cl2NO. The fraction of sp³-hybridized carbons (Fsp3) is 0.500. The summed E-state index contributed by atoms with van der Waals surface area (Å²) in [5.74, 6) is 0.208. The summed E-state index contributed by atoms with van der Waals surface area (Å²) >= 11 is 12.0. The first-order valence-electron chi connectivity index (χ1n) is 7.75. The summed E-state index contributed by atoms with van der Waals surface area (Å²) in [6.45, 7) is 2.95. The van der Waals surface area contributed by atoms with Crippen molar-refractivity contribution in [3.05, 3.63) is 39.9 Å². The van der Waals surface area contributed by atoms with Crippen molar-refractivity contribution in [1.82, 2.24) is 4.90 Å². The minimum atomic E-state index is 0.0453. The number of rotatable bonds is 9. The molecule has 2 nitrogen and oxygen atoms in total. The smallest absolute Gasteiger partial charge is 0.160 e. The van der Waals surface area contributed by atoms with Crippen LogP contribution in [-0.2, 0) is 4.79 Å². The summed E-state index contributed by atoms with van der Waals surface area (Å²) in [7, 11) is 4.00. The van der Waals surface area contributed by atoms with E-state index < -0.39 is 0 Å². The number of ketones is 1. The number of unbranched alkanes of at least 4 members (excludes halogenated alkanes) is 2. The van der Waals surface area contributed by atoms with Gasteiger partial charge in [0.25, 0.3) is 0 Å². The zero-order chi connectivity index (χ0) is 16.5. The third-order valence-corrected chi connectivity index (χ3v) is 4.10. The van der Waals surface area contributed by atoms with Crippen molar-refractivity contribution in [1.29, 1.82) is 0 Å². The Morgan fingerprint density at radius 1 is 1.27 bits per heavy atom. The van der Waals surface area contributed by atoms with Crippen LogP contribution in [0.15, 0.2) is 24.3 Å². The van der Waals surface area contributed by atoms with Gasteiger partial charge in [0.15, 0.2) is 5.78 Å². The first-order valence-corrected chi connectivity index (χ1v) is 8.51. The highest BCUT2D eigenvalue weighted by molar-refractivity contribution is 6.35. The lowest BCUT2D eigenvalue weighted by Crippen LogP contribution is -2.27. The predicted octanol–water partition coefficient (Wildman–Crippen LogP) is 5.33. The SMILES string of the molecule is CCCCCC(CN(C)C)C(=O)/C=C/c1ccc(Cl)cc1Cl. The lowest BCUT2D eigenvalue weighted by atomic mass is 9.95. The zero-order valence-corrected chi connectivity index (χ0v) is 15.1. The second-order valence-electron chi connectivity index (χ2n) is 5.86. The molecule has 1 unspecified atom stereocenters. The molecule has 0 aliphatic heterocycles. The Morgan fingerprint density at radius 3 is 2.59 bits per heavy atom. The number of benzene rings is 1. The molecule has 4 heteroatoms. The van der Waals surface area contributed by atoms with Crippen LogP contribution >= 0.6 is 23.2 Å². The minimum Gasteiger partial charge on any atom is -0.309 e. The van der Waals surface area contributed by atoms with E-state index in [-0.39, 0.29) is 11.7 Å². The van der Waals surface area contributed by atoms with E-state index in [1.165, 1.54) is 12.8 Å². The predicted molar refractivity (Wildman–Crippen MR) is 96.7 cm³/mol. The van der Waals surface area contributed by atoms with E-state index in [1.54, 1.807) is 24.3 Å². The van der Waals surface area contributed by atoms with Crippen LogP contribution in [0.25, 0.3) is 6.08 Å². The van der Waals surface area contributed by atoms with Crippen LogP contribution in [0.4, 0.5) is 0 Å². The zero-order valence-electron chi connectivity index (χ0n) is 13.6. The summed E-state index contributed by atoms with van der Waals surface area (Å²) in [5.41, 5.74) is 0.816. The Morgan fingerprint density at radius 2 is 2.00 bits per heavy atom. The summed E-state index contributed by atoms with van der Waals surface area (Å²) in [6.07, 6.45) is 7.79. The van der Waals surface area contributed by atoms with Crippen LogP contribution in [0, 0.1) is 5.92 Å². The Bertz CT molecular complexity index is 512. The van der Waals surface area contributed by atoms with Gasteiger partial charge in [-0.3, -0.25) is 4.79 Å². The van der Waals surface area contributed by atoms with Gasteiger partial charge in [0, 0.05) is 22.5 Å². The van der Waals surface area contributed by atoms with Crippen molar-refractivity contribution in [3.8, 4) is 0 Å². The fourth-order valence-corrected chi connectivity index (χ4v) is 2.82. The molecule has 0 aromatic heterocycles. The number of carbonyl (C=O) groups excluding carboxylic acids is 1. The Hall–Kier alpha value is -0.830. The maximum atomic E-state index is 12.4. The van der Waals surface area contributed by atoms with E-state index in [2.05, 4.69) is 11.8 Å². The highest BCUT2D eigenvalue weighted by Gasteiger charge is 2.16. The maximum absolute atomic E-state index is 12.4. The normalized spacial score (nSPS) is 13.0. The van der Waals surface area contributed by atoms with E-state index in [0.29, 0.717) is 10.0 Å². The molecule has 0 radical (unpaired) electrons. The van der Waals surface area contributed by atoms with Gasteiger partial charge in [-0.2, -0.15) is 0 Å². The first kappa shape index (κ1) is 19.2. The summed E-state index contributed by atoms with van der Waals surface area (Å²) in [6, 6.07) is 5.29. The highest BCUT2D eigenvalue weighted by Crippen LogP contribution is 2.22. The van der Waals surface area contributed by atoms with Gasteiger partial charge in [-0.05, 0) is 50.4 Å². The van der Waals surface area contributed by atoms with E-state index in [1.807, 2.05) is 20.2 Å². The number of carbonyl (C=O) groups is 1. The second kappa shape index (κ2) is 10.0. The Labute approximate surface area is 144 Å². The van der Waals surface area contributed by atoms with Gasteiger partial charge in [0.2, 0.25) is 0 Å². The molecule has 0 bridgehead atoms. The molecule has 0 saturated carbocycles. The molecule has 122 valence electrons. The van der Waals surface area contributed by atoms with E-state index in [4.69, 9.17) is 23.2 Å². The van der Waals surface area contributed by atoms with Crippen LogP contribution in [-0.4, -0.2) is 31.3 Å². The third-order valence-electron chi connectivity index (χ3n) is 3.53. The standard InChI is InChI=1S/C18H25Cl2NO/c1-4-5-6-7-15(13-21(2)3)18(22)11-9-14-8-10-16(19)12-17(14)20/h8-12,15H,4-7,13H2,1-3H3/b11-9+. The maximum Gasteiger partial charge on any atom is 0.160 e. The minimum absolute atomic E-state index is 0.0453. The van der Waals surface area contributed by atoms with Gasteiger partial charge >= 0.3 is 0 Å². The summed E-state index contributed by atoms with van der Waals surface area (Å²) in [4.78, 5) is 14.5. The van der Waals surface area contributed by atoms with E-state index >= 15 is 0 Å². The molecule has 0 saturated heterocycles. The highest BCUT2D eigenvalue weighted by atomic mass is 35.5. The summed E-state index contributed by atoms with van der Waals surface area (Å²) in [5, 5.41) is 1.16.